The van der Waals surface area contributed by atoms with Gasteiger partial charge in [-0.2, -0.15) is 34.8 Å². The van der Waals surface area contributed by atoms with Gasteiger partial charge in [0.1, 0.15) is 11.6 Å². The number of hydrogen-bond donors (Lipinski definition) is 0. The van der Waals surface area contributed by atoms with Crippen LogP contribution in [0.15, 0.2) is 42.5 Å². The van der Waals surface area contributed by atoms with E-state index in [0.29, 0.717) is 18.2 Å². The number of alkyl halides is 6. The van der Waals surface area contributed by atoms with E-state index in [9.17, 15) is 39.2 Å². The zero-order valence-corrected chi connectivity index (χ0v) is 15.6. The first-order valence-corrected chi connectivity index (χ1v) is 9.40. The van der Waals surface area contributed by atoms with Crippen LogP contribution in [-0.2, 0) is 16.3 Å². The second-order valence-electron chi connectivity index (χ2n) is 6.14. The lowest BCUT2D eigenvalue weighted by Crippen LogP contribution is -2.28. The summed E-state index contributed by atoms with van der Waals surface area (Å²) in [6, 6.07) is 6.26. The molecule has 0 bridgehead atoms. The van der Waals surface area contributed by atoms with E-state index in [1.165, 1.54) is 19.1 Å². The Kier molecular flexibility index (Phi) is 5.17. The summed E-state index contributed by atoms with van der Waals surface area (Å²) in [5, 5.41) is -0.134. The van der Waals surface area contributed by atoms with Crippen molar-refractivity contribution >= 4 is 21.0 Å². The third-order valence-corrected chi connectivity index (χ3v) is 4.97. The molecule has 12 heteroatoms. The number of hydrogen-bond acceptors (Lipinski definition) is 4. The van der Waals surface area contributed by atoms with Crippen LogP contribution in [0.2, 0.25) is 0 Å². The highest BCUT2D eigenvalue weighted by Crippen LogP contribution is 2.39. The molecule has 0 saturated carbocycles. The zero-order valence-electron chi connectivity index (χ0n) is 14.8. The highest BCUT2D eigenvalue weighted by atomic mass is 32.2. The lowest BCUT2D eigenvalue weighted by molar-refractivity contribution is -0.136. The van der Waals surface area contributed by atoms with Gasteiger partial charge in [0, 0.05) is 16.6 Å². The number of benzene rings is 2. The van der Waals surface area contributed by atoms with Gasteiger partial charge >= 0.3 is 21.8 Å². The predicted molar refractivity (Wildman–Crippen MR) is 92.5 cm³/mol. The summed E-state index contributed by atoms with van der Waals surface area (Å²) in [4.78, 5) is 3.85. The molecular weight excluding hydrogens is 443 g/mol. The molecule has 0 amide bonds. The SMILES string of the molecule is Cc1cc(-c2cc(OS(=O)(=O)C(F)(F)F)ccc2F)c2cccc(C(F)(F)F)c2n1. The maximum absolute atomic E-state index is 14.4. The van der Waals surface area contributed by atoms with Crippen molar-refractivity contribution < 1.29 is 43.3 Å². The van der Waals surface area contributed by atoms with Crippen LogP contribution in [0.25, 0.3) is 22.0 Å². The van der Waals surface area contributed by atoms with Gasteiger partial charge in [0.2, 0.25) is 0 Å². The minimum atomic E-state index is -6.02. The largest absolute Gasteiger partial charge is 0.534 e. The van der Waals surface area contributed by atoms with Gasteiger partial charge in [0.25, 0.3) is 0 Å². The quantitative estimate of drug-likeness (QED) is 0.295. The topological polar surface area (TPSA) is 56.3 Å². The molecule has 0 aliphatic rings. The van der Waals surface area contributed by atoms with Gasteiger partial charge in [0.15, 0.2) is 0 Å². The first-order valence-electron chi connectivity index (χ1n) is 7.99. The van der Waals surface area contributed by atoms with E-state index in [4.69, 9.17) is 0 Å². The Morgan fingerprint density at radius 1 is 0.933 bits per heavy atom. The van der Waals surface area contributed by atoms with Crippen LogP contribution < -0.4 is 4.18 Å². The Hall–Kier alpha value is -2.89. The fraction of sp³-hybridized carbons (Fsp3) is 0.167. The van der Waals surface area contributed by atoms with Gasteiger partial charge in [-0.25, -0.2) is 4.39 Å². The molecule has 0 N–H and O–H groups in total. The molecule has 4 nitrogen and oxygen atoms in total. The second kappa shape index (κ2) is 7.11. The molecule has 0 spiro atoms. The Bertz CT molecular complexity index is 1230. The minimum absolute atomic E-state index is 0.0721. The van der Waals surface area contributed by atoms with E-state index < -0.39 is 50.0 Å². The molecule has 1 aromatic heterocycles. The van der Waals surface area contributed by atoms with Crippen molar-refractivity contribution in [3.8, 4) is 16.9 Å². The Morgan fingerprint density at radius 2 is 1.60 bits per heavy atom. The van der Waals surface area contributed by atoms with Crippen molar-refractivity contribution in [3.05, 3.63) is 59.5 Å². The van der Waals surface area contributed by atoms with Crippen LogP contribution in [0.4, 0.5) is 30.7 Å². The summed E-state index contributed by atoms with van der Waals surface area (Å²) in [6.45, 7) is 1.35. The van der Waals surface area contributed by atoms with Gasteiger partial charge in [-0.3, -0.25) is 4.98 Å². The summed E-state index contributed by atoms with van der Waals surface area (Å²) in [5.74, 6) is -1.88. The average Bonchev–Trinajstić information content (AvgIpc) is 2.60. The lowest BCUT2D eigenvalue weighted by atomic mass is 9.97. The van der Waals surface area contributed by atoms with Crippen LogP contribution in [0.5, 0.6) is 5.75 Å². The highest BCUT2D eigenvalue weighted by Gasteiger charge is 2.48. The van der Waals surface area contributed by atoms with Crippen LogP contribution >= 0.6 is 0 Å². The van der Waals surface area contributed by atoms with Crippen LogP contribution in [-0.4, -0.2) is 18.9 Å². The Labute approximate surface area is 165 Å². The fourth-order valence-electron chi connectivity index (χ4n) is 2.76. The van der Waals surface area contributed by atoms with Crippen molar-refractivity contribution in [1.29, 1.82) is 0 Å². The summed E-state index contributed by atoms with van der Waals surface area (Å²) in [5.41, 5.74) is -7.81. The van der Waals surface area contributed by atoms with Crippen LogP contribution in [0.3, 0.4) is 0 Å². The molecule has 0 unspecified atom stereocenters. The molecule has 160 valence electrons. The molecular formula is C18H10F7NO3S. The normalized spacial score (nSPS) is 12.9. The van der Waals surface area contributed by atoms with E-state index in [1.54, 1.807) is 0 Å². The highest BCUT2D eigenvalue weighted by molar-refractivity contribution is 7.88. The third-order valence-electron chi connectivity index (χ3n) is 3.99. The molecule has 2 aromatic carbocycles. The molecule has 3 aromatic rings. The van der Waals surface area contributed by atoms with Gasteiger partial charge in [-0.1, -0.05) is 12.1 Å². The minimum Gasteiger partial charge on any atom is -0.376 e. The number of aromatic nitrogens is 1. The van der Waals surface area contributed by atoms with E-state index >= 15 is 0 Å². The van der Waals surface area contributed by atoms with Gasteiger partial charge in [-0.05, 0) is 42.8 Å². The van der Waals surface area contributed by atoms with E-state index in [0.717, 1.165) is 12.1 Å². The average molecular weight is 453 g/mol. The maximum Gasteiger partial charge on any atom is 0.534 e. The number of fused-ring (bicyclic) bond motifs is 1. The molecule has 3 rings (SSSR count). The standard InChI is InChI=1S/C18H10F7NO3S/c1-9-7-12(11-3-2-4-14(16(11)26-9)17(20,21)22)13-8-10(5-6-15(13)19)29-30(27,28)18(23,24)25/h2-8H,1H3. The molecule has 0 saturated heterocycles. The summed E-state index contributed by atoms with van der Waals surface area (Å²) in [6.07, 6.45) is -4.76. The molecule has 30 heavy (non-hydrogen) atoms. The Balaban J connectivity index is 2.24. The summed E-state index contributed by atoms with van der Waals surface area (Å²) in [7, 11) is -6.02. The van der Waals surface area contributed by atoms with Crippen molar-refractivity contribution in [2.24, 2.45) is 0 Å². The molecule has 0 atom stereocenters. The zero-order chi connectivity index (χ0) is 22.5. The Morgan fingerprint density at radius 3 is 2.20 bits per heavy atom. The summed E-state index contributed by atoms with van der Waals surface area (Å²) >= 11 is 0. The van der Waals surface area contributed by atoms with Crippen molar-refractivity contribution in [2.45, 2.75) is 18.6 Å². The van der Waals surface area contributed by atoms with Gasteiger partial charge in [0.05, 0.1) is 11.1 Å². The number of pyridine rings is 1. The first-order chi connectivity index (χ1) is 13.7. The maximum atomic E-state index is 14.4. The molecule has 0 aliphatic heterocycles. The van der Waals surface area contributed by atoms with E-state index in [2.05, 4.69) is 9.17 Å². The first kappa shape index (κ1) is 21.8. The van der Waals surface area contributed by atoms with E-state index in [1.807, 2.05) is 0 Å². The fourth-order valence-corrected chi connectivity index (χ4v) is 3.22. The van der Waals surface area contributed by atoms with Crippen LogP contribution in [0, 0.1) is 12.7 Å². The smallest absolute Gasteiger partial charge is 0.376 e. The van der Waals surface area contributed by atoms with Crippen molar-refractivity contribution in [2.75, 3.05) is 0 Å². The van der Waals surface area contributed by atoms with Crippen molar-refractivity contribution in [1.82, 2.24) is 4.98 Å². The predicted octanol–water partition coefficient (Wildman–Crippen LogP) is 5.60. The molecule has 0 aliphatic carbocycles. The molecule has 0 fully saturated rings. The number of rotatable bonds is 3. The monoisotopic (exact) mass is 453 g/mol. The van der Waals surface area contributed by atoms with Gasteiger partial charge in [-0.15, -0.1) is 0 Å². The second-order valence-corrected chi connectivity index (χ2v) is 7.67. The number of aryl methyl sites for hydroxylation is 1. The van der Waals surface area contributed by atoms with E-state index in [-0.39, 0.29) is 16.6 Å². The van der Waals surface area contributed by atoms with Crippen molar-refractivity contribution in [3.63, 3.8) is 0 Å². The summed E-state index contributed by atoms with van der Waals surface area (Å²) < 4.78 is 118. The number of halogens is 7. The molecule has 0 radical (unpaired) electrons. The lowest BCUT2D eigenvalue weighted by Gasteiger charge is -2.15. The number of nitrogens with zero attached hydrogens (tertiary/aromatic N) is 1. The van der Waals surface area contributed by atoms with Crippen LogP contribution in [0.1, 0.15) is 11.3 Å². The molecule has 1 heterocycles. The number of para-hydroxylation sites is 1. The third kappa shape index (κ3) is 4.04. The van der Waals surface area contributed by atoms with Gasteiger partial charge < -0.3 is 4.18 Å².